The van der Waals surface area contributed by atoms with E-state index < -0.39 is 10.0 Å². The average molecular weight is 396 g/mol. The minimum atomic E-state index is -3.67. The Morgan fingerprint density at radius 2 is 2.08 bits per heavy atom. The molecule has 3 N–H and O–H groups in total. The molecule has 2 aliphatic rings. The maximum Gasteiger partial charge on any atom is 0.262 e. The predicted molar refractivity (Wildman–Crippen MR) is 94.2 cm³/mol. The first-order valence-electron chi connectivity index (χ1n) is 7.69. The zero-order chi connectivity index (χ0) is 16.4. The Morgan fingerprint density at radius 1 is 1.42 bits per heavy atom. The summed E-state index contributed by atoms with van der Waals surface area (Å²) in [6, 6.07) is 1.43. The van der Waals surface area contributed by atoms with E-state index in [0.717, 1.165) is 24.2 Å². The number of carbonyl (C=O) groups excluding carboxylic acids is 1. The van der Waals surface area contributed by atoms with E-state index in [0.29, 0.717) is 38.8 Å². The van der Waals surface area contributed by atoms with Crippen molar-refractivity contribution in [1.29, 1.82) is 0 Å². The van der Waals surface area contributed by atoms with E-state index in [2.05, 4.69) is 5.32 Å². The molecule has 3 rings (SSSR count). The molecule has 1 aliphatic heterocycles. The summed E-state index contributed by atoms with van der Waals surface area (Å²) in [7, 11) is -3.67. The number of amides is 1. The van der Waals surface area contributed by atoms with E-state index in [1.165, 1.54) is 10.4 Å². The van der Waals surface area contributed by atoms with Crippen LogP contribution in [0, 0.1) is 5.92 Å². The monoisotopic (exact) mass is 395 g/mol. The van der Waals surface area contributed by atoms with Crippen molar-refractivity contribution in [1.82, 2.24) is 9.62 Å². The van der Waals surface area contributed by atoms with Crippen LogP contribution in [0.15, 0.2) is 16.3 Å². The highest BCUT2D eigenvalue weighted by atomic mass is 35.5. The minimum absolute atomic E-state index is 0. The third-order valence-electron chi connectivity index (χ3n) is 4.15. The van der Waals surface area contributed by atoms with Gasteiger partial charge in [-0.1, -0.05) is 0 Å². The molecule has 1 saturated heterocycles. The van der Waals surface area contributed by atoms with Gasteiger partial charge in [-0.15, -0.1) is 23.7 Å². The summed E-state index contributed by atoms with van der Waals surface area (Å²) in [4.78, 5) is 12.6. The Balaban J connectivity index is 0.00000208. The molecule has 136 valence electrons. The second-order valence-electron chi connectivity index (χ2n) is 5.84. The molecule has 0 bridgehead atoms. The van der Waals surface area contributed by atoms with Crippen molar-refractivity contribution < 1.29 is 17.9 Å². The van der Waals surface area contributed by atoms with Crippen molar-refractivity contribution in [2.45, 2.75) is 23.8 Å². The maximum atomic E-state index is 12.7. The van der Waals surface area contributed by atoms with Gasteiger partial charge in [0.15, 0.2) is 0 Å². The van der Waals surface area contributed by atoms with Gasteiger partial charge in [0.1, 0.15) is 9.77 Å². The summed E-state index contributed by atoms with van der Waals surface area (Å²) in [5.74, 6) is 0.109. The van der Waals surface area contributed by atoms with E-state index in [-0.39, 0.29) is 34.1 Å². The Kier molecular flexibility index (Phi) is 6.63. The van der Waals surface area contributed by atoms with Crippen molar-refractivity contribution in [2.75, 3.05) is 32.8 Å². The van der Waals surface area contributed by atoms with Crippen molar-refractivity contribution in [3.63, 3.8) is 0 Å². The fourth-order valence-electron chi connectivity index (χ4n) is 2.57. The molecule has 10 heteroatoms. The fourth-order valence-corrected chi connectivity index (χ4v) is 5.30. The van der Waals surface area contributed by atoms with Gasteiger partial charge in [0.25, 0.3) is 5.91 Å². The summed E-state index contributed by atoms with van der Waals surface area (Å²) in [6.45, 7) is 1.75. The van der Waals surface area contributed by atoms with E-state index in [9.17, 15) is 13.2 Å². The largest absolute Gasteiger partial charge is 0.379 e. The Bertz CT molecular complexity index is 669. The average Bonchev–Trinajstić information content (AvgIpc) is 3.29. The lowest BCUT2D eigenvalue weighted by molar-refractivity contribution is 0.0730. The van der Waals surface area contributed by atoms with Crippen LogP contribution in [0.1, 0.15) is 22.5 Å². The molecule has 1 aliphatic carbocycles. The molecule has 24 heavy (non-hydrogen) atoms. The molecule has 1 amide bonds. The smallest absolute Gasteiger partial charge is 0.262 e. The molecule has 1 aromatic heterocycles. The van der Waals surface area contributed by atoms with E-state index >= 15 is 0 Å². The van der Waals surface area contributed by atoms with Crippen molar-refractivity contribution in [3.8, 4) is 0 Å². The number of ether oxygens (including phenoxy) is 1. The molecular weight excluding hydrogens is 374 g/mol. The van der Waals surface area contributed by atoms with E-state index in [1.807, 2.05) is 0 Å². The maximum absolute atomic E-state index is 12.7. The SMILES string of the molecule is Cl.NC(CNC(=O)c1sccc1S(=O)(=O)N1CCOCC1)C1CC1. The zero-order valence-electron chi connectivity index (χ0n) is 13.1. The lowest BCUT2D eigenvalue weighted by Gasteiger charge is -2.26. The van der Waals surface area contributed by atoms with Gasteiger partial charge >= 0.3 is 0 Å². The van der Waals surface area contributed by atoms with Crippen LogP contribution in [0.3, 0.4) is 0 Å². The van der Waals surface area contributed by atoms with Gasteiger partial charge in [0, 0.05) is 25.7 Å². The van der Waals surface area contributed by atoms with Gasteiger partial charge in [-0.25, -0.2) is 8.42 Å². The second-order valence-corrected chi connectivity index (χ2v) is 8.66. The number of hydrogen-bond donors (Lipinski definition) is 2. The summed E-state index contributed by atoms with van der Waals surface area (Å²) >= 11 is 1.13. The molecule has 0 aromatic carbocycles. The zero-order valence-corrected chi connectivity index (χ0v) is 15.6. The fraction of sp³-hybridized carbons (Fsp3) is 0.643. The molecule has 1 saturated carbocycles. The first kappa shape index (κ1) is 19.6. The molecule has 7 nitrogen and oxygen atoms in total. The van der Waals surface area contributed by atoms with Gasteiger partial charge in [0.05, 0.1) is 13.2 Å². The molecule has 0 radical (unpaired) electrons. The number of carbonyl (C=O) groups is 1. The number of rotatable bonds is 6. The van der Waals surface area contributed by atoms with Crippen LogP contribution in [-0.4, -0.2) is 57.5 Å². The lowest BCUT2D eigenvalue weighted by Crippen LogP contribution is -2.42. The summed E-state index contributed by atoms with van der Waals surface area (Å²) in [6.07, 6.45) is 2.21. The molecular formula is C14H22ClN3O4S2. The number of nitrogens with one attached hydrogen (secondary N) is 1. The van der Waals surface area contributed by atoms with Gasteiger partial charge in [-0.3, -0.25) is 4.79 Å². The topological polar surface area (TPSA) is 102 Å². The van der Waals surface area contributed by atoms with Crippen molar-refractivity contribution in [2.24, 2.45) is 11.7 Å². The van der Waals surface area contributed by atoms with Gasteiger partial charge < -0.3 is 15.8 Å². The van der Waals surface area contributed by atoms with Crippen LogP contribution in [0.4, 0.5) is 0 Å². The van der Waals surface area contributed by atoms with Crippen molar-refractivity contribution >= 4 is 39.7 Å². The molecule has 1 unspecified atom stereocenters. The number of sulfonamides is 1. The number of thiophene rings is 1. The highest BCUT2D eigenvalue weighted by molar-refractivity contribution is 7.89. The van der Waals surface area contributed by atoms with Crippen LogP contribution in [-0.2, 0) is 14.8 Å². The molecule has 0 spiro atoms. The van der Waals surface area contributed by atoms with Gasteiger partial charge in [-0.2, -0.15) is 4.31 Å². The Morgan fingerprint density at radius 3 is 2.71 bits per heavy atom. The number of nitrogens with two attached hydrogens (primary N) is 1. The van der Waals surface area contributed by atoms with Crippen LogP contribution >= 0.6 is 23.7 Å². The normalized spacial score (nSPS) is 20.2. The third-order valence-corrected chi connectivity index (χ3v) is 7.13. The molecule has 2 fully saturated rings. The second kappa shape index (κ2) is 8.11. The van der Waals surface area contributed by atoms with Crippen LogP contribution in [0.5, 0.6) is 0 Å². The van der Waals surface area contributed by atoms with E-state index in [4.69, 9.17) is 10.5 Å². The van der Waals surface area contributed by atoms with Crippen LogP contribution < -0.4 is 11.1 Å². The van der Waals surface area contributed by atoms with Crippen LogP contribution in [0.25, 0.3) is 0 Å². The number of morpholine rings is 1. The Labute approximate surface area is 152 Å². The third kappa shape index (κ3) is 4.27. The standard InChI is InChI=1S/C14H21N3O4S2.ClH/c15-11(10-1-2-10)9-16-14(18)13-12(3-8-22-13)23(19,20)17-4-6-21-7-5-17;/h3,8,10-11H,1-2,4-7,9,15H2,(H,16,18);1H. The van der Waals surface area contributed by atoms with E-state index in [1.54, 1.807) is 5.38 Å². The van der Waals surface area contributed by atoms with Gasteiger partial charge in [-0.05, 0) is 30.2 Å². The highest BCUT2D eigenvalue weighted by Crippen LogP contribution is 2.31. The number of hydrogen-bond acceptors (Lipinski definition) is 6. The minimum Gasteiger partial charge on any atom is -0.379 e. The number of nitrogens with zero attached hydrogens (tertiary/aromatic N) is 1. The first-order valence-corrected chi connectivity index (χ1v) is 10.0. The summed E-state index contributed by atoms with van der Waals surface area (Å²) in [5.41, 5.74) is 5.97. The lowest BCUT2D eigenvalue weighted by atomic mass is 10.2. The molecule has 1 aromatic rings. The quantitative estimate of drug-likeness (QED) is 0.736. The summed E-state index contributed by atoms with van der Waals surface area (Å²) < 4.78 is 32.0. The number of halogens is 1. The predicted octanol–water partition coefficient (Wildman–Crippen LogP) is 0.658. The van der Waals surface area contributed by atoms with Gasteiger partial charge in [0.2, 0.25) is 10.0 Å². The van der Waals surface area contributed by atoms with Crippen LogP contribution in [0.2, 0.25) is 0 Å². The first-order chi connectivity index (χ1) is 11.0. The molecule has 2 heterocycles. The van der Waals surface area contributed by atoms with Crippen molar-refractivity contribution in [3.05, 3.63) is 16.3 Å². The highest BCUT2D eigenvalue weighted by Gasteiger charge is 2.32. The Hall–Kier alpha value is -0.710. The molecule has 1 atom stereocenters. The summed E-state index contributed by atoms with van der Waals surface area (Å²) in [5, 5.41) is 4.39.